The predicted octanol–water partition coefficient (Wildman–Crippen LogP) is 6.55. The average molecular weight is 751 g/mol. The second-order valence-electron chi connectivity index (χ2n) is 11.0. The fourth-order valence-corrected chi connectivity index (χ4v) is 6.17. The van der Waals surface area contributed by atoms with Gasteiger partial charge in [0, 0.05) is 41.5 Å². The number of carbonyl (C=O) groups is 3. The van der Waals surface area contributed by atoms with Crippen molar-refractivity contribution in [3.8, 4) is 0 Å². The number of hydrogen-bond acceptors (Lipinski definition) is 8. The van der Waals surface area contributed by atoms with Crippen molar-refractivity contribution in [2.45, 2.75) is 29.0 Å². The summed E-state index contributed by atoms with van der Waals surface area (Å²) in [6.07, 6.45) is 6.97. The number of rotatable bonds is 8. The summed E-state index contributed by atoms with van der Waals surface area (Å²) >= 11 is -1.84. The number of nitrogens with zero attached hydrogens (tertiary/aromatic N) is 2. The molecule has 2 atom stereocenters. The van der Waals surface area contributed by atoms with E-state index in [1.807, 2.05) is 32.0 Å². The van der Waals surface area contributed by atoms with Crippen molar-refractivity contribution in [2.75, 3.05) is 0 Å². The fourth-order valence-electron chi connectivity index (χ4n) is 4.23. The normalized spacial score (nSPS) is 11.3. The Morgan fingerprint density at radius 1 is 0.698 bits per heavy atom. The molecule has 53 heavy (non-hydrogen) atoms. The molecule has 0 aliphatic rings. The third-order valence-electron chi connectivity index (χ3n) is 7.09. The van der Waals surface area contributed by atoms with Crippen LogP contribution < -0.4 is 11.1 Å². The van der Waals surface area contributed by atoms with Crippen LogP contribution in [0.3, 0.4) is 0 Å². The van der Waals surface area contributed by atoms with E-state index in [2.05, 4.69) is 15.3 Å². The quantitative estimate of drug-likeness (QED) is 0.115. The number of sulfone groups is 1. The number of aldehydes is 1. The third-order valence-corrected chi connectivity index (χ3v) is 9.71. The van der Waals surface area contributed by atoms with E-state index in [1.54, 1.807) is 128 Å². The molecule has 0 radical (unpaired) electrons. The Hall–Kier alpha value is -6.15. The zero-order chi connectivity index (χ0) is 38.6. The van der Waals surface area contributed by atoms with Crippen LogP contribution >= 0.6 is 0 Å². The SMILES string of the molecule is Cc1ccc(S(=O)(=O)C(NC(=O)c2ccccc2)c2ccncc2)cc1.Cc1ccc(S(=O)O)cc1.NC(=O)c1ccccc1.O=Cc1ccncc1. The minimum Gasteiger partial charge on any atom is -0.366 e. The molecule has 0 aliphatic heterocycles. The summed E-state index contributed by atoms with van der Waals surface area (Å²) in [6, 6.07) is 37.2. The Morgan fingerprint density at radius 2 is 1.15 bits per heavy atom. The molecule has 6 rings (SSSR count). The Morgan fingerprint density at radius 3 is 1.57 bits per heavy atom. The van der Waals surface area contributed by atoms with E-state index in [9.17, 15) is 27.0 Å². The highest BCUT2D eigenvalue weighted by molar-refractivity contribution is 7.91. The molecule has 2 amide bonds. The number of nitrogens with two attached hydrogens (primary N) is 1. The van der Waals surface area contributed by atoms with Crippen molar-refractivity contribution in [3.05, 3.63) is 192 Å². The van der Waals surface area contributed by atoms with E-state index in [-0.39, 0.29) is 10.8 Å². The summed E-state index contributed by atoms with van der Waals surface area (Å²) in [5.41, 5.74) is 9.09. The summed E-state index contributed by atoms with van der Waals surface area (Å²) in [4.78, 5) is 41.2. The first-order chi connectivity index (χ1) is 25.4. The van der Waals surface area contributed by atoms with Crippen molar-refractivity contribution in [2.24, 2.45) is 5.73 Å². The van der Waals surface area contributed by atoms with Gasteiger partial charge in [-0.3, -0.25) is 24.4 Å². The first-order valence-corrected chi connectivity index (χ1v) is 18.5. The van der Waals surface area contributed by atoms with Crippen LogP contribution in [0.2, 0.25) is 0 Å². The smallest absolute Gasteiger partial charge is 0.252 e. The van der Waals surface area contributed by atoms with Gasteiger partial charge >= 0.3 is 0 Å². The topological polar surface area (TPSA) is 186 Å². The Kier molecular flexibility index (Phi) is 16.6. The summed E-state index contributed by atoms with van der Waals surface area (Å²) < 4.78 is 45.4. The van der Waals surface area contributed by atoms with Gasteiger partial charge in [-0.15, -0.1) is 0 Å². The van der Waals surface area contributed by atoms with Crippen LogP contribution in [0.1, 0.15) is 53.1 Å². The van der Waals surface area contributed by atoms with Crippen molar-refractivity contribution >= 4 is 39.0 Å². The summed E-state index contributed by atoms with van der Waals surface area (Å²) in [5, 5.41) is 1.44. The molecular formula is C40H38N4O7S2. The van der Waals surface area contributed by atoms with Crippen molar-refractivity contribution in [1.82, 2.24) is 15.3 Å². The predicted molar refractivity (Wildman–Crippen MR) is 204 cm³/mol. The fraction of sp³-hybridized carbons (Fsp3) is 0.0750. The molecule has 0 aliphatic carbocycles. The Bertz CT molecular complexity index is 2160. The number of benzene rings is 4. The monoisotopic (exact) mass is 750 g/mol. The standard InChI is InChI=1S/C20H18N2O3S.C7H7NO.C7H8O2S.C6H5NO/c1-15-7-9-18(10-8-15)26(24,25)20(17-11-13-21-14-12-17)22-19(23)16-5-3-2-4-6-16;8-7(9)6-4-2-1-3-5-6;1-6-2-4-7(5-3-6)10(8)9;8-5-6-1-3-7-4-2-6/h2-14,20H,1H3,(H,22,23);1-5H,(H2,8,9);2-5H,1H3,(H,8,9);1-5H. The molecule has 0 saturated heterocycles. The molecule has 0 fully saturated rings. The average Bonchev–Trinajstić information content (AvgIpc) is 3.19. The number of hydrogen-bond donors (Lipinski definition) is 3. The molecular weight excluding hydrogens is 713 g/mol. The number of amides is 2. The van der Waals surface area contributed by atoms with Gasteiger partial charge < -0.3 is 15.6 Å². The van der Waals surface area contributed by atoms with E-state index in [0.29, 0.717) is 27.1 Å². The molecule has 2 unspecified atom stereocenters. The van der Waals surface area contributed by atoms with Gasteiger partial charge in [0.25, 0.3) is 5.91 Å². The summed E-state index contributed by atoms with van der Waals surface area (Å²) in [6.45, 7) is 3.82. The second kappa shape index (κ2) is 21.3. The maximum Gasteiger partial charge on any atom is 0.252 e. The van der Waals surface area contributed by atoms with E-state index >= 15 is 0 Å². The number of carbonyl (C=O) groups excluding carboxylic acids is 3. The van der Waals surface area contributed by atoms with Crippen LogP contribution in [0.5, 0.6) is 0 Å². The number of aryl methyl sites for hydroxylation is 2. The highest BCUT2D eigenvalue weighted by atomic mass is 32.2. The lowest BCUT2D eigenvalue weighted by Crippen LogP contribution is -2.34. The van der Waals surface area contributed by atoms with Crippen molar-refractivity contribution in [3.63, 3.8) is 0 Å². The van der Waals surface area contributed by atoms with Crippen LogP contribution in [0.4, 0.5) is 0 Å². The maximum absolute atomic E-state index is 13.2. The van der Waals surface area contributed by atoms with Crippen LogP contribution in [0.15, 0.2) is 168 Å². The lowest BCUT2D eigenvalue weighted by atomic mass is 10.2. The molecule has 4 aromatic carbocycles. The molecule has 4 N–H and O–H groups in total. The lowest BCUT2D eigenvalue weighted by Gasteiger charge is -2.20. The molecule has 6 aromatic rings. The molecule has 2 aromatic heterocycles. The highest BCUT2D eigenvalue weighted by Gasteiger charge is 2.31. The molecule has 11 nitrogen and oxygen atoms in total. The van der Waals surface area contributed by atoms with Gasteiger partial charge in [-0.05, 0) is 92.2 Å². The molecule has 2 heterocycles. The van der Waals surface area contributed by atoms with Gasteiger partial charge in [-0.1, -0.05) is 71.8 Å². The molecule has 0 spiro atoms. The van der Waals surface area contributed by atoms with Crippen LogP contribution in [0.25, 0.3) is 0 Å². The van der Waals surface area contributed by atoms with Gasteiger partial charge in [-0.25, -0.2) is 12.6 Å². The zero-order valence-electron chi connectivity index (χ0n) is 28.9. The van der Waals surface area contributed by atoms with E-state index in [4.69, 9.17) is 10.3 Å². The first kappa shape index (κ1) is 41.3. The largest absolute Gasteiger partial charge is 0.366 e. The van der Waals surface area contributed by atoms with Crippen molar-refractivity contribution in [1.29, 1.82) is 0 Å². The molecule has 272 valence electrons. The minimum absolute atomic E-state index is 0.151. The van der Waals surface area contributed by atoms with Gasteiger partial charge in [0.15, 0.2) is 16.5 Å². The van der Waals surface area contributed by atoms with Gasteiger partial charge in [-0.2, -0.15) is 0 Å². The number of pyridine rings is 2. The first-order valence-electron chi connectivity index (χ1n) is 15.9. The van der Waals surface area contributed by atoms with Gasteiger partial charge in [0.2, 0.25) is 15.7 Å². The number of aromatic nitrogens is 2. The Balaban J connectivity index is 0.000000227. The summed E-state index contributed by atoms with van der Waals surface area (Å²) in [5.74, 6) is -0.835. The number of nitrogens with one attached hydrogen (secondary N) is 1. The second-order valence-corrected chi connectivity index (χ2v) is 14.1. The number of primary amides is 1. The van der Waals surface area contributed by atoms with E-state index in [0.717, 1.165) is 17.4 Å². The Labute approximate surface area is 311 Å². The van der Waals surface area contributed by atoms with Gasteiger partial charge in [0.05, 0.1) is 9.79 Å². The van der Waals surface area contributed by atoms with Crippen LogP contribution in [-0.2, 0) is 20.9 Å². The molecule has 13 heteroatoms. The maximum atomic E-state index is 13.2. The highest BCUT2D eigenvalue weighted by Crippen LogP contribution is 2.27. The van der Waals surface area contributed by atoms with Crippen LogP contribution in [0, 0.1) is 13.8 Å². The molecule has 0 saturated carbocycles. The minimum atomic E-state index is -3.83. The lowest BCUT2D eigenvalue weighted by molar-refractivity contribution is 0.0946. The van der Waals surface area contributed by atoms with E-state index < -0.39 is 32.2 Å². The summed E-state index contributed by atoms with van der Waals surface area (Å²) in [7, 11) is -3.83. The van der Waals surface area contributed by atoms with E-state index in [1.165, 1.54) is 12.4 Å². The molecule has 0 bridgehead atoms. The van der Waals surface area contributed by atoms with Crippen LogP contribution in [-0.4, -0.2) is 45.2 Å². The van der Waals surface area contributed by atoms with Crippen molar-refractivity contribution < 1.29 is 31.6 Å². The third kappa shape index (κ3) is 13.8. The zero-order valence-corrected chi connectivity index (χ0v) is 30.5. The van der Waals surface area contributed by atoms with Gasteiger partial charge in [0.1, 0.15) is 6.29 Å².